The minimum absolute atomic E-state index is 0. The Kier molecular flexibility index (Phi) is 5.05. The number of pyridine rings is 1. The van der Waals surface area contributed by atoms with E-state index in [-0.39, 0.29) is 20.1 Å². The van der Waals surface area contributed by atoms with E-state index >= 15 is 0 Å². The molecule has 1 fully saturated rings. The van der Waals surface area contributed by atoms with Crippen LogP contribution in [0, 0.1) is 19.9 Å². The fourth-order valence-electron chi connectivity index (χ4n) is 5.09. The van der Waals surface area contributed by atoms with Crippen LogP contribution < -0.4 is 0 Å². The van der Waals surface area contributed by atoms with Gasteiger partial charge in [0.2, 0.25) is 0 Å². The van der Waals surface area contributed by atoms with Crippen LogP contribution in [0.5, 0.6) is 0 Å². The first-order valence-electron chi connectivity index (χ1n) is 9.79. The first-order valence-corrected chi connectivity index (χ1v) is 9.79. The first kappa shape index (κ1) is 18.6. The molecule has 1 radical (unpaired) electrons. The Bertz CT molecular complexity index is 963. The third-order valence-electron chi connectivity index (χ3n) is 6.43. The van der Waals surface area contributed by atoms with Gasteiger partial charge < -0.3 is 4.98 Å². The summed E-state index contributed by atoms with van der Waals surface area (Å²) in [5.41, 5.74) is 10.5. The molecule has 2 aromatic carbocycles. The van der Waals surface area contributed by atoms with Crippen LogP contribution in [0.1, 0.15) is 59.8 Å². The van der Waals surface area contributed by atoms with E-state index in [2.05, 4.69) is 67.4 Å². The van der Waals surface area contributed by atoms with Gasteiger partial charge in [-0.3, -0.25) is 0 Å². The van der Waals surface area contributed by atoms with E-state index < -0.39 is 0 Å². The van der Waals surface area contributed by atoms with Crippen LogP contribution >= 0.6 is 0 Å². The molecule has 3 aromatic rings. The van der Waals surface area contributed by atoms with Crippen molar-refractivity contribution < 1.29 is 20.1 Å². The van der Waals surface area contributed by atoms with Crippen molar-refractivity contribution in [1.82, 2.24) is 4.98 Å². The average Bonchev–Trinajstić information content (AvgIpc) is 2.69. The maximum Gasteiger partial charge on any atom is 0.0166 e. The number of hydrogen-bond donors (Lipinski definition) is 0. The molecule has 1 heterocycles. The molecule has 3 aliphatic carbocycles. The molecule has 3 aliphatic rings. The Morgan fingerprint density at radius 2 is 1.56 bits per heavy atom. The Hall–Kier alpha value is -1.76. The van der Waals surface area contributed by atoms with Crippen LogP contribution in [0.15, 0.2) is 48.7 Å². The number of hydrogen-bond acceptors (Lipinski definition) is 1. The minimum Gasteiger partial charge on any atom is -0.305 e. The van der Waals surface area contributed by atoms with Crippen LogP contribution in [-0.2, 0) is 20.1 Å². The third-order valence-corrected chi connectivity index (χ3v) is 6.43. The Morgan fingerprint density at radius 3 is 2.26 bits per heavy atom. The molecule has 2 bridgehead atoms. The molecule has 2 heteroatoms. The van der Waals surface area contributed by atoms with Gasteiger partial charge in [0.1, 0.15) is 0 Å². The quantitative estimate of drug-likeness (QED) is 0.341. The van der Waals surface area contributed by atoms with Crippen LogP contribution in [0.4, 0.5) is 0 Å². The minimum atomic E-state index is 0. The van der Waals surface area contributed by atoms with Crippen LogP contribution in [0.2, 0.25) is 0 Å². The molecular formula is C25H24IrN-. The zero-order valence-corrected chi connectivity index (χ0v) is 18.3. The molecule has 6 rings (SSSR count). The van der Waals surface area contributed by atoms with E-state index in [0.29, 0.717) is 0 Å². The Morgan fingerprint density at radius 1 is 0.889 bits per heavy atom. The molecule has 0 atom stereocenters. The van der Waals surface area contributed by atoms with Gasteiger partial charge in [-0.1, -0.05) is 43.0 Å². The smallest absolute Gasteiger partial charge is 0.0166 e. The Balaban J connectivity index is 0.00000180. The number of fused-ring (bicyclic) bond motifs is 2. The second-order valence-electron chi connectivity index (χ2n) is 8.00. The normalized spacial score (nSPS) is 20.1. The van der Waals surface area contributed by atoms with Crippen molar-refractivity contribution in [2.24, 2.45) is 0 Å². The fraction of sp³-hybridized carbons (Fsp3) is 0.320. The molecule has 0 spiro atoms. The Labute approximate surface area is 175 Å². The topological polar surface area (TPSA) is 12.9 Å². The van der Waals surface area contributed by atoms with E-state index in [1.165, 1.54) is 47.9 Å². The zero-order valence-electron chi connectivity index (χ0n) is 15.9. The van der Waals surface area contributed by atoms with E-state index in [1.807, 2.05) is 6.20 Å². The molecule has 1 saturated carbocycles. The number of nitrogens with zero attached hydrogens (tertiary/aromatic N) is 1. The number of aromatic nitrogens is 1. The molecule has 0 amide bonds. The van der Waals surface area contributed by atoms with Crippen molar-refractivity contribution in [1.29, 1.82) is 0 Å². The molecule has 139 valence electrons. The van der Waals surface area contributed by atoms with E-state index in [1.54, 1.807) is 11.1 Å². The summed E-state index contributed by atoms with van der Waals surface area (Å²) < 4.78 is 0. The van der Waals surface area contributed by atoms with Gasteiger partial charge >= 0.3 is 0 Å². The van der Waals surface area contributed by atoms with Crippen molar-refractivity contribution in [3.05, 3.63) is 77.0 Å². The van der Waals surface area contributed by atoms with Crippen molar-refractivity contribution in [3.8, 4) is 22.4 Å². The predicted octanol–water partition coefficient (Wildman–Crippen LogP) is 6.58. The summed E-state index contributed by atoms with van der Waals surface area (Å²) >= 11 is 0. The van der Waals surface area contributed by atoms with Gasteiger partial charge in [0.25, 0.3) is 0 Å². The molecule has 0 aliphatic heterocycles. The average molecular weight is 531 g/mol. The summed E-state index contributed by atoms with van der Waals surface area (Å²) in [6.07, 6.45) is 7.39. The van der Waals surface area contributed by atoms with Crippen molar-refractivity contribution in [2.45, 2.75) is 51.4 Å². The molecule has 1 aromatic heterocycles. The fourth-order valence-corrected chi connectivity index (χ4v) is 5.09. The van der Waals surface area contributed by atoms with Gasteiger partial charge in [-0.2, -0.15) is 0 Å². The van der Waals surface area contributed by atoms with Gasteiger partial charge in [-0.05, 0) is 66.6 Å². The van der Waals surface area contributed by atoms with Crippen molar-refractivity contribution in [2.75, 3.05) is 0 Å². The second-order valence-corrected chi connectivity index (χ2v) is 8.00. The van der Waals surface area contributed by atoms with Crippen molar-refractivity contribution >= 4 is 0 Å². The van der Waals surface area contributed by atoms with E-state index in [9.17, 15) is 0 Å². The number of rotatable bonds is 2. The third kappa shape index (κ3) is 3.20. The largest absolute Gasteiger partial charge is 0.305 e. The molecule has 0 N–H and O–H groups in total. The molecule has 27 heavy (non-hydrogen) atoms. The SMILES string of the molecule is Cc1cccc(C)c1-c1ccnc(-c2[c-]cc3c(c2)C2CCC3CC2)c1.[Ir]. The van der Waals surface area contributed by atoms with E-state index in [0.717, 1.165) is 23.1 Å². The van der Waals surface area contributed by atoms with E-state index in [4.69, 9.17) is 0 Å². The van der Waals surface area contributed by atoms with Crippen molar-refractivity contribution in [3.63, 3.8) is 0 Å². The standard InChI is InChI=1S/C25H24N.Ir/c1-16-4-3-5-17(2)25(16)21-12-13-26-24(15-21)20-10-11-22-18-6-8-19(9-7-18)23(22)14-20;/h3-5,11-15,18-19H,6-9H2,1-2H3;/q-1;. The molecule has 0 unspecified atom stereocenters. The summed E-state index contributed by atoms with van der Waals surface area (Å²) in [6.45, 7) is 4.37. The zero-order chi connectivity index (χ0) is 17.7. The summed E-state index contributed by atoms with van der Waals surface area (Å²) in [6, 6.07) is 19.0. The van der Waals surface area contributed by atoms with Gasteiger partial charge in [0, 0.05) is 26.3 Å². The van der Waals surface area contributed by atoms with Gasteiger partial charge in [0.15, 0.2) is 0 Å². The van der Waals surface area contributed by atoms with Gasteiger partial charge in [-0.25, -0.2) is 0 Å². The summed E-state index contributed by atoms with van der Waals surface area (Å²) in [4.78, 5) is 4.67. The summed E-state index contributed by atoms with van der Waals surface area (Å²) in [5, 5.41) is 0. The first-order chi connectivity index (χ1) is 12.7. The number of aryl methyl sites for hydroxylation is 2. The summed E-state index contributed by atoms with van der Waals surface area (Å²) in [7, 11) is 0. The van der Waals surface area contributed by atoms with Gasteiger partial charge in [-0.15, -0.1) is 34.9 Å². The van der Waals surface area contributed by atoms with Crippen LogP contribution in [-0.4, -0.2) is 4.98 Å². The predicted molar refractivity (Wildman–Crippen MR) is 107 cm³/mol. The maximum absolute atomic E-state index is 4.67. The molecule has 0 saturated heterocycles. The van der Waals surface area contributed by atoms with Gasteiger partial charge in [0.05, 0.1) is 0 Å². The van der Waals surface area contributed by atoms with Crippen LogP contribution in [0.25, 0.3) is 22.4 Å². The maximum atomic E-state index is 4.67. The monoisotopic (exact) mass is 531 g/mol. The van der Waals surface area contributed by atoms with Crippen LogP contribution in [0.3, 0.4) is 0 Å². The number of benzene rings is 2. The second kappa shape index (κ2) is 7.34. The molecule has 1 nitrogen and oxygen atoms in total. The molecular weight excluding hydrogens is 506 g/mol. The summed E-state index contributed by atoms with van der Waals surface area (Å²) in [5.74, 6) is 1.53.